The highest BCUT2D eigenvalue weighted by Crippen LogP contribution is 2.79. The normalized spacial score (nSPS) is 44.6. The molecule has 154 valence electrons. The number of fused-ring (bicyclic) bond motifs is 2. The van der Waals surface area contributed by atoms with Crippen molar-refractivity contribution in [2.24, 2.45) is 45.3 Å². The molecule has 27 heavy (non-hydrogen) atoms. The lowest BCUT2D eigenvalue weighted by Gasteiger charge is -2.55. The molecule has 7 atom stereocenters. The molecule has 0 aliphatic heterocycles. The Hall–Kier alpha value is -0.530. The quantitative estimate of drug-likeness (QED) is 0.517. The van der Waals surface area contributed by atoms with E-state index in [0.717, 1.165) is 24.7 Å². The minimum Gasteiger partial charge on any atom is -0.458 e. The van der Waals surface area contributed by atoms with E-state index in [9.17, 15) is 4.79 Å². The largest absolute Gasteiger partial charge is 0.458 e. The van der Waals surface area contributed by atoms with Gasteiger partial charge in [-0.3, -0.25) is 4.79 Å². The Morgan fingerprint density at radius 2 is 1.59 bits per heavy atom. The molecule has 0 N–H and O–H groups in total. The number of hydrogen-bond donors (Lipinski definition) is 0. The molecule has 0 saturated heterocycles. The van der Waals surface area contributed by atoms with Crippen LogP contribution in [0.5, 0.6) is 0 Å². The summed E-state index contributed by atoms with van der Waals surface area (Å²) in [5.41, 5.74) is -0.0894. The number of carbonyl (C=O) groups is 1. The van der Waals surface area contributed by atoms with E-state index in [4.69, 9.17) is 4.74 Å². The van der Waals surface area contributed by atoms with Crippen LogP contribution in [0, 0.1) is 45.3 Å². The van der Waals surface area contributed by atoms with E-state index in [1.165, 1.54) is 32.1 Å². The number of rotatable bonds is 4. The number of hydrogen-bond acceptors (Lipinski definition) is 2. The Labute approximate surface area is 167 Å². The fraction of sp³-hybridized carbons (Fsp3) is 0.960. The lowest BCUT2D eigenvalue weighted by Crippen LogP contribution is -2.56. The number of carbonyl (C=O) groups excluding carboxylic acids is 1. The number of ether oxygens (including phenoxy) is 1. The second-order valence-corrected chi connectivity index (χ2v) is 13.2. The molecule has 2 nitrogen and oxygen atoms in total. The predicted molar refractivity (Wildman–Crippen MR) is 110 cm³/mol. The van der Waals surface area contributed by atoms with Crippen molar-refractivity contribution in [3.05, 3.63) is 0 Å². The van der Waals surface area contributed by atoms with Crippen LogP contribution < -0.4 is 0 Å². The van der Waals surface area contributed by atoms with E-state index >= 15 is 0 Å². The SMILES string of the molecule is CCC1(OC(=O)C(C)(CC(C)(C)C)C(C)(C)C)C2CC3CC4CC1C4(C3)C2. The fourth-order valence-corrected chi connectivity index (χ4v) is 8.15. The summed E-state index contributed by atoms with van der Waals surface area (Å²) >= 11 is 0. The van der Waals surface area contributed by atoms with Gasteiger partial charge in [0.15, 0.2) is 0 Å². The Morgan fingerprint density at radius 1 is 0.963 bits per heavy atom. The molecule has 0 amide bonds. The van der Waals surface area contributed by atoms with Crippen molar-refractivity contribution in [1.29, 1.82) is 0 Å². The van der Waals surface area contributed by atoms with Crippen LogP contribution in [0.3, 0.4) is 0 Å². The van der Waals surface area contributed by atoms with Gasteiger partial charge in [-0.05, 0) is 85.9 Å². The molecule has 0 aromatic carbocycles. The second-order valence-electron chi connectivity index (χ2n) is 13.2. The third kappa shape index (κ3) is 2.53. The van der Waals surface area contributed by atoms with Crippen molar-refractivity contribution in [2.45, 2.75) is 106 Å². The molecule has 7 unspecified atom stereocenters. The summed E-state index contributed by atoms with van der Waals surface area (Å²) in [6, 6.07) is 0. The van der Waals surface area contributed by atoms with Gasteiger partial charge >= 0.3 is 5.97 Å². The summed E-state index contributed by atoms with van der Waals surface area (Å²) in [5, 5.41) is 0. The molecule has 4 fully saturated rings. The maximum Gasteiger partial charge on any atom is 0.312 e. The van der Waals surface area contributed by atoms with Gasteiger partial charge in [0.2, 0.25) is 0 Å². The predicted octanol–water partition coefficient (Wildman–Crippen LogP) is 6.62. The van der Waals surface area contributed by atoms with Gasteiger partial charge in [0.25, 0.3) is 0 Å². The van der Waals surface area contributed by atoms with Crippen LogP contribution in [-0.4, -0.2) is 11.6 Å². The summed E-state index contributed by atoms with van der Waals surface area (Å²) in [6.07, 6.45) is 8.73. The Balaban J connectivity index is 1.65. The van der Waals surface area contributed by atoms with E-state index in [0.29, 0.717) is 17.3 Å². The molecule has 1 spiro atoms. The zero-order chi connectivity index (χ0) is 20.0. The third-order valence-electron chi connectivity index (χ3n) is 9.66. The van der Waals surface area contributed by atoms with Crippen molar-refractivity contribution in [3.63, 3.8) is 0 Å². The standard InChI is InChI=1S/C25H42O2/c1-9-25(18-11-16-10-17-12-19(25)24(17,13-16)14-18)27-20(26)23(8,22(5,6)7)15-21(2,3)4/h16-19H,9-15H2,1-8H3. The van der Waals surface area contributed by atoms with Crippen LogP contribution in [-0.2, 0) is 9.53 Å². The van der Waals surface area contributed by atoms with Crippen molar-refractivity contribution in [3.8, 4) is 0 Å². The molecule has 4 rings (SSSR count). The summed E-state index contributed by atoms with van der Waals surface area (Å²) in [5.74, 6) is 3.18. The van der Waals surface area contributed by atoms with Gasteiger partial charge in [-0.25, -0.2) is 0 Å². The van der Waals surface area contributed by atoms with Crippen LogP contribution in [0.4, 0.5) is 0 Å². The minimum atomic E-state index is -0.454. The monoisotopic (exact) mass is 374 g/mol. The van der Waals surface area contributed by atoms with Crippen LogP contribution >= 0.6 is 0 Å². The zero-order valence-corrected chi connectivity index (χ0v) is 19.1. The summed E-state index contributed by atoms with van der Waals surface area (Å²) < 4.78 is 6.76. The van der Waals surface area contributed by atoms with E-state index in [1.54, 1.807) is 0 Å². The van der Waals surface area contributed by atoms with Gasteiger partial charge < -0.3 is 4.74 Å². The second kappa shape index (κ2) is 5.54. The van der Waals surface area contributed by atoms with Crippen molar-refractivity contribution >= 4 is 5.97 Å². The van der Waals surface area contributed by atoms with Crippen LogP contribution in [0.15, 0.2) is 0 Å². The van der Waals surface area contributed by atoms with Gasteiger partial charge in [-0.2, -0.15) is 0 Å². The van der Waals surface area contributed by atoms with Crippen LogP contribution in [0.25, 0.3) is 0 Å². The first-order valence-corrected chi connectivity index (χ1v) is 11.5. The van der Waals surface area contributed by atoms with Gasteiger partial charge in [0.1, 0.15) is 5.60 Å². The molecule has 4 saturated carbocycles. The van der Waals surface area contributed by atoms with Crippen molar-refractivity contribution in [1.82, 2.24) is 0 Å². The average molecular weight is 375 g/mol. The first-order chi connectivity index (χ1) is 12.3. The summed E-state index contributed by atoms with van der Waals surface area (Å²) in [7, 11) is 0. The Kier molecular flexibility index (Phi) is 4.06. The van der Waals surface area contributed by atoms with E-state index in [-0.39, 0.29) is 22.4 Å². The lowest BCUT2D eigenvalue weighted by molar-refractivity contribution is -0.203. The van der Waals surface area contributed by atoms with Gasteiger partial charge in [0, 0.05) is 5.92 Å². The molecular formula is C25H42O2. The summed E-state index contributed by atoms with van der Waals surface area (Å²) in [6.45, 7) is 17.8. The molecule has 0 aromatic heterocycles. The highest BCUT2D eigenvalue weighted by Gasteiger charge is 2.76. The molecular weight excluding hydrogens is 332 g/mol. The van der Waals surface area contributed by atoms with Gasteiger partial charge in [0.05, 0.1) is 5.41 Å². The highest BCUT2D eigenvalue weighted by molar-refractivity contribution is 5.78. The third-order valence-corrected chi connectivity index (χ3v) is 9.66. The van der Waals surface area contributed by atoms with Crippen LogP contribution in [0.2, 0.25) is 0 Å². The molecule has 0 aromatic rings. The minimum absolute atomic E-state index is 0.0787. The highest BCUT2D eigenvalue weighted by atomic mass is 16.6. The van der Waals surface area contributed by atoms with Gasteiger partial charge in [-0.15, -0.1) is 0 Å². The fourth-order valence-electron chi connectivity index (χ4n) is 8.15. The molecule has 2 heteroatoms. The number of esters is 1. The summed E-state index contributed by atoms with van der Waals surface area (Å²) in [4.78, 5) is 13.8. The molecule has 4 aliphatic rings. The Bertz CT molecular complexity index is 638. The van der Waals surface area contributed by atoms with E-state index in [1.807, 2.05) is 0 Å². The lowest BCUT2D eigenvalue weighted by atomic mass is 9.53. The average Bonchev–Trinajstić information content (AvgIpc) is 2.79. The smallest absolute Gasteiger partial charge is 0.312 e. The molecule has 0 radical (unpaired) electrons. The Morgan fingerprint density at radius 3 is 2.15 bits per heavy atom. The molecule has 3 bridgehead atoms. The maximum atomic E-state index is 13.8. The topological polar surface area (TPSA) is 26.3 Å². The zero-order valence-electron chi connectivity index (χ0n) is 19.1. The van der Waals surface area contributed by atoms with E-state index in [2.05, 4.69) is 55.4 Å². The molecule has 4 aliphatic carbocycles. The first-order valence-electron chi connectivity index (χ1n) is 11.5. The van der Waals surface area contributed by atoms with Crippen LogP contribution in [0.1, 0.15) is 100 Å². The van der Waals surface area contributed by atoms with Crippen molar-refractivity contribution < 1.29 is 9.53 Å². The van der Waals surface area contributed by atoms with Gasteiger partial charge in [-0.1, -0.05) is 48.5 Å². The van der Waals surface area contributed by atoms with Crippen molar-refractivity contribution in [2.75, 3.05) is 0 Å². The van der Waals surface area contributed by atoms with E-state index < -0.39 is 5.41 Å². The molecule has 0 heterocycles. The maximum absolute atomic E-state index is 13.8. The first kappa shape index (κ1) is 19.8.